The Morgan fingerprint density at radius 3 is 2.31 bits per heavy atom. The molecule has 1 saturated heterocycles. The molecule has 1 fully saturated rings. The van der Waals surface area contributed by atoms with Crippen molar-refractivity contribution >= 4 is 63.6 Å². The summed E-state index contributed by atoms with van der Waals surface area (Å²) in [5.74, 6) is -1.24. The Labute approximate surface area is 233 Å². The number of non-ortho nitro benzene ring substituents is 2. The van der Waals surface area contributed by atoms with Gasteiger partial charge in [0.25, 0.3) is 23.2 Å². The molecule has 4 amide bonds. The first-order valence-corrected chi connectivity index (χ1v) is 12.1. The fourth-order valence-corrected chi connectivity index (χ4v) is 4.42. The van der Waals surface area contributed by atoms with Crippen molar-refractivity contribution in [1.29, 1.82) is 0 Å². The molecule has 0 radical (unpaired) electrons. The molecule has 14 heteroatoms. The summed E-state index contributed by atoms with van der Waals surface area (Å²) in [6.45, 7) is 0.0893. The third-order valence-electron chi connectivity index (χ3n) is 5.49. The zero-order valence-corrected chi connectivity index (χ0v) is 22.1. The van der Waals surface area contributed by atoms with Gasteiger partial charge in [0.2, 0.25) is 0 Å². The number of anilines is 1. The molecule has 1 heterocycles. The van der Waals surface area contributed by atoms with E-state index in [0.717, 1.165) is 6.07 Å². The predicted octanol–water partition coefficient (Wildman–Crippen LogP) is 4.36. The Morgan fingerprint density at radius 2 is 1.67 bits per heavy atom. The summed E-state index contributed by atoms with van der Waals surface area (Å²) in [4.78, 5) is 59.6. The lowest BCUT2D eigenvalue weighted by atomic mass is 10.1. The van der Waals surface area contributed by atoms with Crippen LogP contribution in [0.4, 0.5) is 21.9 Å². The second kappa shape index (κ2) is 11.3. The fourth-order valence-electron chi connectivity index (χ4n) is 3.64. The van der Waals surface area contributed by atoms with Gasteiger partial charge in [0.05, 0.1) is 26.2 Å². The Bertz CT molecular complexity index is 1550. The maximum Gasteiger partial charge on any atom is 0.335 e. The van der Waals surface area contributed by atoms with E-state index in [1.165, 1.54) is 49.6 Å². The van der Waals surface area contributed by atoms with E-state index in [0.29, 0.717) is 25.3 Å². The highest BCUT2D eigenvalue weighted by atomic mass is 127. The van der Waals surface area contributed by atoms with Crippen LogP contribution >= 0.6 is 22.6 Å². The summed E-state index contributed by atoms with van der Waals surface area (Å²) < 4.78 is 11.9. The standard InChI is InChI=1S/C25H17IN4O9/c1-38-21-11-15(10-20(26)22(21)39-13-14-5-7-16(8-6-14)29(34)35)9-19-23(31)27-25(33)28(24(19)32)17-3-2-4-18(12-17)30(36)37/h2-12H,13H2,1H3,(H,27,31,33)/b19-9+. The van der Waals surface area contributed by atoms with E-state index in [2.05, 4.69) is 5.32 Å². The molecule has 39 heavy (non-hydrogen) atoms. The summed E-state index contributed by atoms with van der Waals surface area (Å²) in [6.07, 6.45) is 1.26. The summed E-state index contributed by atoms with van der Waals surface area (Å²) in [7, 11) is 1.41. The van der Waals surface area contributed by atoms with E-state index >= 15 is 0 Å². The lowest BCUT2D eigenvalue weighted by Gasteiger charge is -2.26. The molecule has 0 aromatic heterocycles. The number of carbonyl (C=O) groups is 3. The molecule has 1 N–H and O–H groups in total. The molecule has 198 valence electrons. The number of halogens is 1. The zero-order valence-electron chi connectivity index (χ0n) is 20.0. The number of amides is 4. The van der Waals surface area contributed by atoms with Gasteiger partial charge in [0, 0.05) is 24.3 Å². The van der Waals surface area contributed by atoms with Crippen molar-refractivity contribution in [2.24, 2.45) is 0 Å². The van der Waals surface area contributed by atoms with Gasteiger partial charge >= 0.3 is 6.03 Å². The van der Waals surface area contributed by atoms with E-state index < -0.39 is 27.7 Å². The monoisotopic (exact) mass is 644 g/mol. The number of nitrogens with zero attached hydrogens (tertiary/aromatic N) is 3. The number of benzene rings is 3. The smallest absolute Gasteiger partial charge is 0.335 e. The van der Waals surface area contributed by atoms with E-state index in [-0.39, 0.29) is 35.0 Å². The van der Waals surface area contributed by atoms with Gasteiger partial charge in [-0.15, -0.1) is 0 Å². The van der Waals surface area contributed by atoms with Crippen LogP contribution in [-0.4, -0.2) is 34.8 Å². The van der Waals surface area contributed by atoms with E-state index in [1.54, 1.807) is 18.2 Å². The van der Waals surface area contributed by atoms with Crippen LogP contribution in [0.1, 0.15) is 11.1 Å². The van der Waals surface area contributed by atoms with Crippen LogP contribution < -0.4 is 19.7 Å². The number of carbonyl (C=O) groups excluding carboxylic acids is 3. The minimum absolute atomic E-state index is 0.0460. The topological polar surface area (TPSA) is 171 Å². The normalized spacial score (nSPS) is 14.3. The van der Waals surface area contributed by atoms with Gasteiger partial charge in [0.1, 0.15) is 12.2 Å². The molecule has 1 aliphatic rings. The molecular weight excluding hydrogens is 627 g/mol. The number of methoxy groups -OCH3 is 1. The van der Waals surface area contributed by atoms with Crippen molar-refractivity contribution in [3.8, 4) is 11.5 Å². The number of ether oxygens (including phenoxy) is 2. The number of nitro benzene ring substituents is 2. The van der Waals surface area contributed by atoms with Gasteiger partial charge in [-0.25, -0.2) is 9.69 Å². The average molecular weight is 644 g/mol. The predicted molar refractivity (Wildman–Crippen MR) is 145 cm³/mol. The van der Waals surface area contributed by atoms with E-state index in [9.17, 15) is 34.6 Å². The molecule has 0 atom stereocenters. The molecule has 0 unspecified atom stereocenters. The quantitative estimate of drug-likeness (QED) is 0.123. The molecule has 0 aliphatic carbocycles. The van der Waals surface area contributed by atoms with Gasteiger partial charge in [-0.1, -0.05) is 6.07 Å². The number of barbiturate groups is 1. The first kappa shape index (κ1) is 27.2. The van der Waals surface area contributed by atoms with Crippen LogP contribution in [0.2, 0.25) is 0 Å². The van der Waals surface area contributed by atoms with Gasteiger partial charge in [-0.05, 0) is 70.1 Å². The lowest BCUT2D eigenvalue weighted by Crippen LogP contribution is -2.54. The van der Waals surface area contributed by atoms with Crippen molar-refractivity contribution in [2.45, 2.75) is 6.61 Å². The van der Waals surface area contributed by atoms with Crippen molar-refractivity contribution in [3.63, 3.8) is 0 Å². The number of nitro groups is 2. The SMILES string of the molecule is COc1cc(/C=C2\C(=O)NC(=O)N(c3cccc([N+](=O)[O-])c3)C2=O)cc(I)c1OCc1ccc([N+](=O)[O-])cc1. The van der Waals surface area contributed by atoms with Crippen LogP contribution in [0.25, 0.3) is 6.08 Å². The average Bonchev–Trinajstić information content (AvgIpc) is 2.90. The third-order valence-corrected chi connectivity index (χ3v) is 6.29. The van der Waals surface area contributed by atoms with Crippen LogP contribution in [-0.2, 0) is 16.2 Å². The van der Waals surface area contributed by atoms with Crippen molar-refractivity contribution in [3.05, 3.63) is 101 Å². The number of hydrogen-bond donors (Lipinski definition) is 1. The third kappa shape index (κ3) is 5.85. The fraction of sp³-hybridized carbons (Fsp3) is 0.0800. The largest absolute Gasteiger partial charge is 0.493 e. The van der Waals surface area contributed by atoms with Gasteiger partial charge in [-0.3, -0.25) is 35.1 Å². The number of nitrogens with one attached hydrogen (secondary N) is 1. The first-order chi connectivity index (χ1) is 18.6. The number of imide groups is 2. The van der Waals surface area contributed by atoms with Crippen molar-refractivity contribution < 1.29 is 33.7 Å². The molecular formula is C25H17IN4O9. The van der Waals surface area contributed by atoms with Crippen LogP contribution in [0.3, 0.4) is 0 Å². The number of rotatable bonds is 8. The Hall–Kier alpha value is -4.86. The van der Waals surface area contributed by atoms with Gasteiger partial charge in [-0.2, -0.15) is 0 Å². The minimum atomic E-state index is -1.04. The first-order valence-electron chi connectivity index (χ1n) is 11.0. The van der Waals surface area contributed by atoms with Gasteiger partial charge < -0.3 is 9.47 Å². The summed E-state index contributed by atoms with van der Waals surface area (Å²) in [5.41, 5.74) is 0.228. The molecule has 13 nitrogen and oxygen atoms in total. The number of hydrogen-bond acceptors (Lipinski definition) is 9. The highest BCUT2D eigenvalue weighted by molar-refractivity contribution is 14.1. The summed E-state index contributed by atoms with van der Waals surface area (Å²) >= 11 is 1.99. The van der Waals surface area contributed by atoms with E-state index in [1.807, 2.05) is 22.6 Å². The van der Waals surface area contributed by atoms with E-state index in [4.69, 9.17) is 9.47 Å². The van der Waals surface area contributed by atoms with Crippen LogP contribution in [0, 0.1) is 23.8 Å². The van der Waals surface area contributed by atoms with Crippen molar-refractivity contribution in [2.75, 3.05) is 12.0 Å². The van der Waals surface area contributed by atoms with Gasteiger partial charge in [0.15, 0.2) is 11.5 Å². The Kier molecular flexibility index (Phi) is 7.85. The lowest BCUT2D eigenvalue weighted by molar-refractivity contribution is -0.385. The second-order valence-electron chi connectivity index (χ2n) is 7.98. The summed E-state index contributed by atoms with van der Waals surface area (Å²) in [5, 5.41) is 24.0. The Balaban J connectivity index is 1.62. The number of urea groups is 1. The minimum Gasteiger partial charge on any atom is -0.493 e. The maximum atomic E-state index is 13.2. The molecule has 3 aromatic carbocycles. The molecule has 0 bridgehead atoms. The molecule has 1 aliphatic heterocycles. The Morgan fingerprint density at radius 1 is 0.974 bits per heavy atom. The molecule has 0 spiro atoms. The molecule has 4 rings (SSSR count). The highest BCUT2D eigenvalue weighted by Crippen LogP contribution is 2.36. The summed E-state index contributed by atoms with van der Waals surface area (Å²) in [6, 6.07) is 12.9. The van der Waals surface area contributed by atoms with Crippen LogP contribution in [0.5, 0.6) is 11.5 Å². The highest BCUT2D eigenvalue weighted by Gasteiger charge is 2.37. The maximum absolute atomic E-state index is 13.2. The second-order valence-corrected chi connectivity index (χ2v) is 9.14. The molecule has 0 saturated carbocycles. The van der Waals surface area contributed by atoms with Crippen LogP contribution in [0.15, 0.2) is 66.2 Å². The van der Waals surface area contributed by atoms with Crippen molar-refractivity contribution in [1.82, 2.24) is 5.32 Å². The zero-order chi connectivity index (χ0) is 28.3. The molecule has 3 aromatic rings.